The Morgan fingerprint density at radius 2 is 2.11 bits per heavy atom. The van der Waals surface area contributed by atoms with Crippen LogP contribution in [0.1, 0.15) is 47.5 Å². The van der Waals surface area contributed by atoms with Crippen molar-refractivity contribution in [1.29, 1.82) is 0 Å². The molecule has 2 aliphatic rings. The lowest BCUT2D eigenvalue weighted by Crippen LogP contribution is -2.43. The van der Waals surface area contributed by atoms with Crippen molar-refractivity contribution >= 4 is 40.1 Å². The predicted molar refractivity (Wildman–Crippen MR) is 131 cm³/mol. The third-order valence-electron chi connectivity index (χ3n) is 7.10. The molecule has 2 aromatic heterocycles. The van der Waals surface area contributed by atoms with Gasteiger partial charge in [0, 0.05) is 54.0 Å². The fourth-order valence-electron chi connectivity index (χ4n) is 5.34. The Morgan fingerprint density at radius 3 is 2.89 bits per heavy atom. The number of aromatic amines is 1. The number of hydrogen-bond donors (Lipinski definition) is 3. The lowest BCUT2D eigenvalue weighted by atomic mass is 9.90. The van der Waals surface area contributed by atoms with Gasteiger partial charge in [-0.1, -0.05) is 23.7 Å². The molecule has 2 saturated heterocycles. The number of piperidine rings is 1. The monoisotopic (exact) mass is 512 g/mol. The number of pyridine rings is 1. The third kappa shape index (κ3) is 4.54. The first-order valence-corrected chi connectivity index (χ1v) is 12.3. The van der Waals surface area contributed by atoms with Crippen LogP contribution in [-0.4, -0.2) is 62.6 Å². The summed E-state index contributed by atoms with van der Waals surface area (Å²) in [6.07, 6.45) is 1.16. The van der Waals surface area contributed by atoms with Crippen LogP contribution in [0.4, 0.5) is 4.39 Å². The minimum atomic E-state index is -1.12. The summed E-state index contributed by atoms with van der Waals surface area (Å²) in [6.45, 7) is 2.34. The number of aromatic nitrogens is 2. The molecule has 0 bridgehead atoms. The maximum absolute atomic E-state index is 14.1. The summed E-state index contributed by atoms with van der Waals surface area (Å²) >= 11 is 5.78. The number of carbonyl (C=O) groups is 3. The zero-order chi connectivity index (χ0) is 25.6. The number of amides is 1. The number of nitrogens with one attached hydrogen (secondary N) is 2. The molecule has 188 valence electrons. The average Bonchev–Trinajstić information content (AvgIpc) is 3.34. The van der Waals surface area contributed by atoms with Crippen LogP contribution in [0.25, 0.3) is 11.0 Å². The maximum atomic E-state index is 14.1. The van der Waals surface area contributed by atoms with Crippen molar-refractivity contribution in [2.24, 2.45) is 5.92 Å². The molecule has 4 heterocycles. The molecule has 0 saturated carbocycles. The molecule has 1 aromatic carbocycles. The van der Waals surface area contributed by atoms with E-state index in [4.69, 9.17) is 11.6 Å². The second-order valence-electron chi connectivity index (χ2n) is 9.45. The lowest BCUT2D eigenvalue weighted by molar-refractivity contribution is -0.131. The molecule has 10 heteroatoms. The molecule has 0 radical (unpaired) electrons. The van der Waals surface area contributed by atoms with Crippen molar-refractivity contribution < 1.29 is 23.9 Å². The van der Waals surface area contributed by atoms with E-state index in [1.807, 2.05) is 4.90 Å². The summed E-state index contributed by atoms with van der Waals surface area (Å²) in [5.74, 6) is -1.77. The Bertz CT molecular complexity index is 1360. The molecule has 1 amide bonds. The number of Topliss-reactive ketones (excluding diaryl/α,β-unsaturated/α-hetero) is 2. The molecule has 5 atom stereocenters. The van der Waals surface area contributed by atoms with Crippen LogP contribution in [0.2, 0.25) is 5.02 Å². The number of ketones is 2. The number of aliphatic hydroxyl groups excluding tert-OH is 1. The Morgan fingerprint density at radius 1 is 1.31 bits per heavy atom. The molecule has 0 spiro atoms. The predicted octanol–water partition coefficient (Wildman–Crippen LogP) is 2.98. The normalized spacial score (nSPS) is 23.3. The molecule has 0 aliphatic carbocycles. The molecule has 3 N–H and O–H groups in total. The van der Waals surface area contributed by atoms with Crippen molar-refractivity contribution in [3.8, 4) is 0 Å². The summed E-state index contributed by atoms with van der Waals surface area (Å²) in [5.41, 5.74) is 1.59. The molecule has 3 aromatic rings. The molecule has 36 heavy (non-hydrogen) atoms. The summed E-state index contributed by atoms with van der Waals surface area (Å²) in [6, 6.07) is 7.55. The second kappa shape index (κ2) is 9.72. The largest absolute Gasteiger partial charge is 0.388 e. The maximum Gasteiger partial charge on any atom is 0.225 e. The molecular formula is C26H26ClFN4O4. The van der Waals surface area contributed by atoms with Crippen LogP contribution in [-0.2, 0) is 16.0 Å². The van der Waals surface area contributed by atoms with E-state index in [0.29, 0.717) is 28.7 Å². The second-order valence-corrected chi connectivity index (χ2v) is 9.86. The number of benzene rings is 1. The number of fused-ring (bicyclic) bond motifs is 2. The van der Waals surface area contributed by atoms with Gasteiger partial charge in [0.15, 0.2) is 11.6 Å². The Kier molecular flexibility index (Phi) is 6.63. The van der Waals surface area contributed by atoms with E-state index in [1.165, 1.54) is 19.1 Å². The number of nitrogens with zero attached hydrogens (tertiary/aromatic N) is 2. The first-order chi connectivity index (χ1) is 17.3. The SMILES string of the molecule is CC(=O)c1c(CC(=O)C2[C@@H](C(=O)NCC[C@@H](O)c3cccc(Cl)c3F)C[C@@H]3CN23)[nH]c2ncccc12. The number of H-pyrrole nitrogens is 1. The van der Waals surface area contributed by atoms with Crippen LogP contribution in [0.15, 0.2) is 36.5 Å². The number of rotatable bonds is 9. The molecule has 8 nitrogen and oxygen atoms in total. The minimum Gasteiger partial charge on any atom is -0.388 e. The first kappa shape index (κ1) is 24.5. The Balaban J connectivity index is 1.24. The number of aliphatic hydroxyl groups is 1. The topological polar surface area (TPSA) is 115 Å². The molecule has 2 unspecified atom stereocenters. The Hall–Kier alpha value is -3.14. The van der Waals surface area contributed by atoms with Gasteiger partial charge in [-0.25, -0.2) is 9.37 Å². The van der Waals surface area contributed by atoms with Gasteiger partial charge in [0.2, 0.25) is 5.91 Å². The van der Waals surface area contributed by atoms with Crippen molar-refractivity contribution in [3.63, 3.8) is 0 Å². The van der Waals surface area contributed by atoms with Crippen LogP contribution < -0.4 is 5.32 Å². The van der Waals surface area contributed by atoms with Gasteiger partial charge in [0.1, 0.15) is 11.5 Å². The van der Waals surface area contributed by atoms with Gasteiger partial charge in [-0.3, -0.25) is 19.3 Å². The van der Waals surface area contributed by atoms with E-state index < -0.39 is 23.9 Å². The van der Waals surface area contributed by atoms with Crippen molar-refractivity contribution in [2.75, 3.05) is 13.1 Å². The first-order valence-electron chi connectivity index (χ1n) is 11.9. The minimum absolute atomic E-state index is 0.00427. The summed E-state index contributed by atoms with van der Waals surface area (Å²) in [4.78, 5) is 48.1. The summed E-state index contributed by atoms with van der Waals surface area (Å²) < 4.78 is 14.1. The highest BCUT2D eigenvalue weighted by Crippen LogP contribution is 2.41. The Labute approximate surface area is 211 Å². The van der Waals surface area contributed by atoms with Gasteiger partial charge < -0.3 is 15.4 Å². The van der Waals surface area contributed by atoms with E-state index >= 15 is 0 Å². The standard InChI is InChI=1S/C26H26ClFN4O4/c1-13(33)22-16-5-3-8-29-25(16)31-19(22)11-21(35)24-17(10-14-12-32(14)24)26(36)30-9-7-20(34)15-4-2-6-18(27)23(15)28/h2-6,8,14,17,20,24,34H,7,9-12H2,1H3,(H,29,31)(H,30,36)/t14-,17+,20-,24?,32?/m1/s1. The smallest absolute Gasteiger partial charge is 0.225 e. The van der Waals surface area contributed by atoms with Gasteiger partial charge in [-0.2, -0.15) is 0 Å². The lowest BCUT2D eigenvalue weighted by Gasteiger charge is -2.22. The summed E-state index contributed by atoms with van der Waals surface area (Å²) in [7, 11) is 0. The van der Waals surface area contributed by atoms with Crippen LogP contribution in [0.3, 0.4) is 0 Å². The van der Waals surface area contributed by atoms with E-state index in [-0.39, 0.29) is 53.5 Å². The van der Waals surface area contributed by atoms with Gasteiger partial charge in [-0.05, 0) is 38.0 Å². The highest BCUT2D eigenvalue weighted by Gasteiger charge is 2.56. The molecule has 2 fully saturated rings. The average molecular weight is 513 g/mol. The van der Waals surface area contributed by atoms with Crippen LogP contribution >= 0.6 is 11.6 Å². The van der Waals surface area contributed by atoms with E-state index in [1.54, 1.807) is 24.4 Å². The third-order valence-corrected chi connectivity index (χ3v) is 7.39. The van der Waals surface area contributed by atoms with E-state index in [0.717, 1.165) is 6.54 Å². The van der Waals surface area contributed by atoms with E-state index in [2.05, 4.69) is 15.3 Å². The number of carbonyl (C=O) groups excluding carboxylic acids is 3. The van der Waals surface area contributed by atoms with Crippen LogP contribution in [0.5, 0.6) is 0 Å². The molecule has 2 aliphatic heterocycles. The van der Waals surface area contributed by atoms with Crippen molar-refractivity contribution in [2.45, 2.75) is 44.4 Å². The fraction of sp³-hybridized carbons (Fsp3) is 0.385. The quantitative estimate of drug-likeness (QED) is 0.300. The van der Waals surface area contributed by atoms with Crippen LogP contribution in [0, 0.1) is 11.7 Å². The van der Waals surface area contributed by atoms with Gasteiger partial charge in [0.25, 0.3) is 0 Å². The number of hydrogen-bond acceptors (Lipinski definition) is 6. The van der Waals surface area contributed by atoms with E-state index in [9.17, 15) is 23.9 Å². The highest BCUT2D eigenvalue weighted by atomic mass is 35.5. The fourth-order valence-corrected chi connectivity index (χ4v) is 5.53. The zero-order valence-corrected chi connectivity index (χ0v) is 20.4. The van der Waals surface area contributed by atoms with Gasteiger partial charge in [0.05, 0.1) is 23.1 Å². The van der Waals surface area contributed by atoms with Crippen molar-refractivity contribution in [1.82, 2.24) is 20.2 Å². The van der Waals surface area contributed by atoms with Crippen molar-refractivity contribution in [3.05, 3.63) is 64.2 Å². The van der Waals surface area contributed by atoms with Gasteiger partial charge in [-0.15, -0.1) is 0 Å². The molecule has 5 rings (SSSR count). The zero-order valence-electron chi connectivity index (χ0n) is 19.6. The highest BCUT2D eigenvalue weighted by molar-refractivity contribution is 6.30. The summed E-state index contributed by atoms with van der Waals surface area (Å²) in [5, 5.41) is 13.7. The molecular weight excluding hydrogens is 487 g/mol. The number of halogens is 2. The van der Waals surface area contributed by atoms with Gasteiger partial charge >= 0.3 is 0 Å².